The molecule has 1 rings (SSSR count). The maximum Gasteiger partial charge on any atom is 0.114 e. The van der Waals surface area contributed by atoms with Gasteiger partial charge in [0.2, 0.25) is 0 Å². The maximum atomic E-state index is 8.94. The molecule has 0 saturated carbocycles. The highest BCUT2D eigenvalue weighted by atomic mass is 35.5. The standard InChI is InChI=1S/C12H15ClN2/c1-2-3-6-12(9-14)15-11-7-4-5-10(13)8-11/h4-5,7-8,12,15H,2-3,6H2,1H3. The first-order chi connectivity index (χ1) is 7.26. The van der Waals surface area contributed by atoms with Crippen LogP contribution in [0.3, 0.4) is 0 Å². The Hall–Kier alpha value is -1.20. The highest BCUT2D eigenvalue weighted by Crippen LogP contribution is 2.16. The van der Waals surface area contributed by atoms with Gasteiger partial charge >= 0.3 is 0 Å². The van der Waals surface area contributed by atoms with Crippen molar-refractivity contribution in [2.24, 2.45) is 0 Å². The molecule has 0 aliphatic rings. The molecule has 15 heavy (non-hydrogen) atoms. The van der Waals surface area contributed by atoms with Gasteiger partial charge in [0, 0.05) is 10.7 Å². The van der Waals surface area contributed by atoms with Crippen molar-refractivity contribution >= 4 is 17.3 Å². The van der Waals surface area contributed by atoms with Gasteiger partial charge in [0.1, 0.15) is 6.04 Å². The molecule has 2 nitrogen and oxygen atoms in total. The van der Waals surface area contributed by atoms with Gasteiger partial charge < -0.3 is 5.32 Å². The van der Waals surface area contributed by atoms with E-state index in [2.05, 4.69) is 18.3 Å². The van der Waals surface area contributed by atoms with E-state index in [4.69, 9.17) is 16.9 Å². The molecule has 1 N–H and O–H groups in total. The summed E-state index contributed by atoms with van der Waals surface area (Å²) in [7, 11) is 0. The van der Waals surface area contributed by atoms with E-state index < -0.39 is 0 Å². The van der Waals surface area contributed by atoms with Crippen molar-refractivity contribution in [2.75, 3.05) is 5.32 Å². The van der Waals surface area contributed by atoms with E-state index in [0.29, 0.717) is 5.02 Å². The fraction of sp³-hybridized carbons (Fsp3) is 0.417. The number of rotatable bonds is 5. The van der Waals surface area contributed by atoms with Crippen LogP contribution in [0.1, 0.15) is 26.2 Å². The van der Waals surface area contributed by atoms with Crippen LogP contribution >= 0.6 is 11.6 Å². The Labute approximate surface area is 95.9 Å². The van der Waals surface area contributed by atoms with Crippen LogP contribution in [-0.2, 0) is 0 Å². The summed E-state index contributed by atoms with van der Waals surface area (Å²) in [6, 6.07) is 9.57. The predicted octanol–water partition coefficient (Wildman–Crippen LogP) is 3.83. The van der Waals surface area contributed by atoms with E-state index in [1.807, 2.05) is 24.3 Å². The summed E-state index contributed by atoms with van der Waals surface area (Å²) in [6.07, 6.45) is 3.04. The Kier molecular flexibility index (Phi) is 5.00. The van der Waals surface area contributed by atoms with Gasteiger partial charge in [0.25, 0.3) is 0 Å². The van der Waals surface area contributed by atoms with Crippen LogP contribution in [0.25, 0.3) is 0 Å². The van der Waals surface area contributed by atoms with Gasteiger partial charge in [0.05, 0.1) is 6.07 Å². The Bertz CT molecular complexity index is 344. The summed E-state index contributed by atoms with van der Waals surface area (Å²) >= 11 is 5.85. The number of nitriles is 1. The summed E-state index contributed by atoms with van der Waals surface area (Å²) in [5.41, 5.74) is 0.908. The van der Waals surface area contributed by atoms with Crippen molar-refractivity contribution in [1.29, 1.82) is 5.26 Å². The van der Waals surface area contributed by atoms with Crippen LogP contribution in [0.5, 0.6) is 0 Å². The van der Waals surface area contributed by atoms with Gasteiger partial charge in [-0.05, 0) is 24.6 Å². The molecule has 80 valence electrons. The molecule has 0 fully saturated rings. The first kappa shape index (κ1) is 11.9. The minimum Gasteiger partial charge on any atom is -0.370 e. The number of unbranched alkanes of at least 4 members (excludes halogenated alkanes) is 1. The molecule has 0 radical (unpaired) electrons. The minimum atomic E-state index is -0.122. The van der Waals surface area contributed by atoms with Crippen LogP contribution in [0.2, 0.25) is 5.02 Å². The smallest absolute Gasteiger partial charge is 0.114 e. The van der Waals surface area contributed by atoms with Crippen LogP contribution in [0.4, 0.5) is 5.69 Å². The van der Waals surface area contributed by atoms with Crippen LogP contribution < -0.4 is 5.32 Å². The average molecular weight is 223 g/mol. The molecule has 0 spiro atoms. The second kappa shape index (κ2) is 6.31. The van der Waals surface area contributed by atoms with Gasteiger partial charge in [-0.25, -0.2) is 0 Å². The molecule has 0 amide bonds. The Balaban J connectivity index is 2.55. The molecule has 1 aromatic rings. The molecule has 1 atom stereocenters. The Morgan fingerprint density at radius 1 is 1.53 bits per heavy atom. The maximum absolute atomic E-state index is 8.94. The predicted molar refractivity (Wildman–Crippen MR) is 64.0 cm³/mol. The van der Waals surface area contributed by atoms with Gasteiger partial charge in [-0.2, -0.15) is 5.26 Å². The van der Waals surface area contributed by atoms with Gasteiger partial charge in [-0.15, -0.1) is 0 Å². The summed E-state index contributed by atoms with van der Waals surface area (Å²) in [5.74, 6) is 0. The van der Waals surface area contributed by atoms with E-state index in [-0.39, 0.29) is 6.04 Å². The first-order valence-corrected chi connectivity index (χ1v) is 5.55. The van der Waals surface area contributed by atoms with Gasteiger partial charge in [-0.3, -0.25) is 0 Å². The van der Waals surface area contributed by atoms with E-state index in [1.165, 1.54) is 0 Å². The summed E-state index contributed by atoms with van der Waals surface area (Å²) in [6.45, 7) is 2.12. The fourth-order valence-corrected chi connectivity index (χ4v) is 1.55. The van der Waals surface area contributed by atoms with Crippen molar-refractivity contribution in [3.63, 3.8) is 0 Å². The van der Waals surface area contributed by atoms with Crippen molar-refractivity contribution in [3.05, 3.63) is 29.3 Å². The lowest BCUT2D eigenvalue weighted by Gasteiger charge is -2.12. The average Bonchev–Trinajstić information content (AvgIpc) is 2.24. The molecule has 0 bridgehead atoms. The number of anilines is 1. The van der Waals surface area contributed by atoms with Crippen molar-refractivity contribution in [1.82, 2.24) is 0 Å². The van der Waals surface area contributed by atoms with Crippen LogP contribution in [-0.4, -0.2) is 6.04 Å². The van der Waals surface area contributed by atoms with Gasteiger partial charge in [-0.1, -0.05) is 37.4 Å². The summed E-state index contributed by atoms with van der Waals surface area (Å²) in [4.78, 5) is 0. The Morgan fingerprint density at radius 3 is 2.93 bits per heavy atom. The third-order valence-corrected chi connectivity index (χ3v) is 2.40. The number of hydrogen-bond donors (Lipinski definition) is 1. The number of hydrogen-bond acceptors (Lipinski definition) is 2. The molecule has 0 aliphatic carbocycles. The third-order valence-electron chi connectivity index (χ3n) is 2.17. The SMILES string of the molecule is CCCCC(C#N)Nc1cccc(Cl)c1. The first-order valence-electron chi connectivity index (χ1n) is 5.18. The molecule has 0 heterocycles. The lowest BCUT2D eigenvalue weighted by atomic mass is 10.1. The minimum absolute atomic E-state index is 0.122. The number of halogens is 1. The molecule has 0 saturated heterocycles. The zero-order valence-corrected chi connectivity index (χ0v) is 9.59. The van der Waals surface area contributed by atoms with E-state index >= 15 is 0 Å². The Morgan fingerprint density at radius 2 is 2.33 bits per heavy atom. The normalized spacial score (nSPS) is 11.8. The molecule has 0 aliphatic heterocycles. The quantitative estimate of drug-likeness (QED) is 0.822. The molecular weight excluding hydrogens is 208 g/mol. The summed E-state index contributed by atoms with van der Waals surface area (Å²) < 4.78 is 0. The topological polar surface area (TPSA) is 35.8 Å². The number of nitrogens with one attached hydrogen (secondary N) is 1. The second-order valence-electron chi connectivity index (χ2n) is 3.48. The highest BCUT2D eigenvalue weighted by molar-refractivity contribution is 6.30. The molecular formula is C12H15ClN2. The molecule has 1 unspecified atom stereocenters. The van der Waals surface area contributed by atoms with Gasteiger partial charge in [0.15, 0.2) is 0 Å². The van der Waals surface area contributed by atoms with Crippen molar-refractivity contribution in [3.8, 4) is 6.07 Å². The monoisotopic (exact) mass is 222 g/mol. The lowest BCUT2D eigenvalue weighted by Crippen LogP contribution is -2.16. The summed E-state index contributed by atoms with van der Waals surface area (Å²) in [5, 5.41) is 12.8. The van der Waals surface area contributed by atoms with Crippen LogP contribution in [0, 0.1) is 11.3 Å². The lowest BCUT2D eigenvalue weighted by molar-refractivity contribution is 0.687. The largest absolute Gasteiger partial charge is 0.370 e. The second-order valence-corrected chi connectivity index (χ2v) is 3.92. The molecule has 1 aromatic carbocycles. The molecule has 3 heteroatoms. The van der Waals surface area contributed by atoms with E-state index in [0.717, 1.165) is 24.9 Å². The number of nitrogens with zero attached hydrogens (tertiary/aromatic N) is 1. The molecule has 0 aromatic heterocycles. The number of benzene rings is 1. The zero-order chi connectivity index (χ0) is 11.1. The van der Waals surface area contributed by atoms with E-state index in [9.17, 15) is 0 Å². The van der Waals surface area contributed by atoms with Crippen molar-refractivity contribution in [2.45, 2.75) is 32.2 Å². The van der Waals surface area contributed by atoms with Crippen LogP contribution in [0.15, 0.2) is 24.3 Å². The third kappa shape index (κ3) is 4.22. The highest BCUT2D eigenvalue weighted by Gasteiger charge is 2.05. The van der Waals surface area contributed by atoms with E-state index in [1.54, 1.807) is 0 Å². The zero-order valence-electron chi connectivity index (χ0n) is 8.83. The fourth-order valence-electron chi connectivity index (χ4n) is 1.36. The van der Waals surface area contributed by atoms with Crippen molar-refractivity contribution < 1.29 is 0 Å².